The lowest BCUT2D eigenvalue weighted by atomic mass is 10.3. The monoisotopic (exact) mass is 213 g/mol. The number of nitrogens with one attached hydrogen (secondary N) is 1. The average Bonchev–Trinajstić information content (AvgIpc) is 2.44. The van der Waals surface area contributed by atoms with Gasteiger partial charge in [0, 0.05) is 0 Å². The van der Waals surface area contributed by atoms with Crippen LogP contribution in [-0.2, 0) is 4.57 Å². The maximum atomic E-state index is 10.7. The smallest absolute Gasteiger partial charge is 0.194 e. The van der Waals surface area contributed by atoms with Crippen molar-refractivity contribution in [3.05, 3.63) is 22.2 Å². The Labute approximate surface area is 79.5 Å². The summed E-state index contributed by atoms with van der Waals surface area (Å²) in [4.78, 5) is 3.00. The molecule has 5 heteroatoms. The second-order valence-corrected chi connectivity index (χ2v) is 4.64. The van der Waals surface area contributed by atoms with Crippen LogP contribution in [0.5, 0.6) is 0 Å². The van der Waals surface area contributed by atoms with Gasteiger partial charge in [0.2, 0.25) is 0 Å². The quantitative estimate of drug-likeness (QED) is 0.583. The number of rotatable bonds is 1. The van der Waals surface area contributed by atoms with Crippen molar-refractivity contribution in [2.24, 2.45) is 0 Å². The van der Waals surface area contributed by atoms with Gasteiger partial charge in [0.1, 0.15) is 0 Å². The Morgan fingerprint density at radius 3 is 3.08 bits per heavy atom. The first-order valence-electron chi connectivity index (χ1n) is 3.26. The molecule has 0 atom stereocenters. The van der Waals surface area contributed by atoms with Crippen LogP contribution in [0.3, 0.4) is 0 Å². The largest absolute Gasteiger partial charge is 0.336 e. The van der Waals surface area contributed by atoms with E-state index in [-0.39, 0.29) is 8.46 Å². The van der Waals surface area contributed by atoms with Gasteiger partial charge in [0.15, 0.2) is 12.4 Å². The lowest BCUT2D eigenvalue weighted by Gasteiger charge is -1.89. The molecule has 2 aromatic rings. The van der Waals surface area contributed by atoms with E-state index >= 15 is 0 Å². The molecule has 2 nitrogen and oxygen atoms in total. The molecule has 0 fully saturated rings. The zero-order valence-corrected chi connectivity index (χ0v) is 8.43. The molecule has 0 aliphatic rings. The van der Waals surface area contributed by atoms with Gasteiger partial charge in [0.05, 0.1) is 15.5 Å². The van der Waals surface area contributed by atoms with Crippen molar-refractivity contribution in [2.45, 2.75) is 0 Å². The number of H-pyrrole nitrogens is 1. The number of benzene rings is 1. The van der Waals surface area contributed by atoms with Crippen LogP contribution in [0.2, 0.25) is 0 Å². The van der Waals surface area contributed by atoms with E-state index in [1.165, 1.54) is 11.3 Å². The van der Waals surface area contributed by atoms with Crippen LogP contribution in [0.15, 0.2) is 18.2 Å². The second kappa shape index (κ2) is 3.05. The summed E-state index contributed by atoms with van der Waals surface area (Å²) in [5, 5.41) is 0.764. The van der Waals surface area contributed by atoms with E-state index in [1.54, 1.807) is 0 Å². The van der Waals surface area contributed by atoms with Crippen LogP contribution >= 0.6 is 32.0 Å². The molecule has 1 heterocycles. The van der Waals surface area contributed by atoms with Crippen molar-refractivity contribution in [2.75, 3.05) is 0 Å². The Morgan fingerprint density at radius 2 is 2.33 bits per heavy atom. The van der Waals surface area contributed by atoms with Gasteiger partial charge in [0.25, 0.3) is 0 Å². The average molecular weight is 213 g/mol. The molecular formula is C7H4NOPS2. The van der Waals surface area contributed by atoms with E-state index in [1.807, 2.05) is 18.2 Å². The van der Waals surface area contributed by atoms with E-state index in [4.69, 9.17) is 12.2 Å². The fraction of sp³-hybridized carbons (Fsp3) is 0. The SMILES string of the molecule is O=Pc1cccc2sc(=S)[nH]c12. The molecule has 2 rings (SSSR count). The van der Waals surface area contributed by atoms with Crippen LogP contribution in [0.25, 0.3) is 10.2 Å². The summed E-state index contributed by atoms with van der Waals surface area (Å²) in [5.74, 6) is 0. The fourth-order valence-electron chi connectivity index (χ4n) is 1.03. The van der Waals surface area contributed by atoms with Gasteiger partial charge in [-0.2, -0.15) is 0 Å². The maximum absolute atomic E-state index is 10.7. The molecule has 0 aliphatic carbocycles. The van der Waals surface area contributed by atoms with E-state index < -0.39 is 0 Å². The zero-order valence-electron chi connectivity index (χ0n) is 5.90. The summed E-state index contributed by atoms with van der Waals surface area (Å²) >= 11 is 6.48. The normalized spacial score (nSPS) is 11.0. The van der Waals surface area contributed by atoms with Gasteiger partial charge in [-0.1, -0.05) is 6.07 Å². The number of hydrogen-bond donors (Lipinski definition) is 1. The summed E-state index contributed by atoms with van der Waals surface area (Å²) in [6.07, 6.45) is 0. The first-order valence-corrected chi connectivity index (χ1v) is 5.30. The van der Waals surface area contributed by atoms with Crippen molar-refractivity contribution in [1.29, 1.82) is 0 Å². The minimum absolute atomic E-state index is 0.0335. The third-order valence-corrected chi connectivity index (χ3v) is 3.30. The highest BCUT2D eigenvalue weighted by molar-refractivity contribution is 7.73. The van der Waals surface area contributed by atoms with Crippen molar-refractivity contribution < 1.29 is 4.57 Å². The summed E-state index contributed by atoms with van der Waals surface area (Å²) in [7, 11) is 0.0335. The summed E-state index contributed by atoms with van der Waals surface area (Å²) in [6, 6.07) is 5.65. The van der Waals surface area contributed by atoms with Crippen LogP contribution in [0, 0.1) is 3.95 Å². The summed E-state index contributed by atoms with van der Waals surface area (Å²) in [5.41, 5.74) is 0.893. The second-order valence-electron chi connectivity index (χ2n) is 2.26. The predicted molar refractivity (Wildman–Crippen MR) is 54.3 cm³/mol. The molecule has 1 N–H and O–H groups in total. The Balaban J connectivity index is 2.96. The van der Waals surface area contributed by atoms with E-state index in [0.29, 0.717) is 0 Å². The number of aromatic nitrogens is 1. The van der Waals surface area contributed by atoms with E-state index in [9.17, 15) is 4.57 Å². The minimum atomic E-state index is 0.0335. The third kappa shape index (κ3) is 1.22. The standard InChI is InChI=1S/C7H4NOPS2/c9-10-4-2-1-3-5-6(4)8-7(11)12-5/h1-3H,(H,8,11). The fourth-order valence-corrected chi connectivity index (χ4v) is 2.66. The molecule has 0 saturated heterocycles. The third-order valence-electron chi connectivity index (χ3n) is 1.53. The molecule has 0 amide bonds. The number of fused-ring (bicyclic) bond motifs is 1. The highest BCUT2D eigenvalue weighted by Crippen LogP contribution is 2.19. The molecule has 12 heavy (non-hydrogen) atoms. The van der Waals surface area contributed by atoms with Gasteiger partial charge in [-0.15, -0.1) is 11.3 Å². The minimum Gasteiger partial charge on any atom is -0.336 e. The zero-order chi connectivity index (χ0) is 8.55. The summed E-state index contributed by atoms with van der Waals surface area (Å²) in [6.45, 7) is 0. The number of aromatic amines is 1. The lowest BCUT2D eigenvalue weighted by Crippen LogP contribution is -1.91. The molecule has 1 aromatic carbocycles. The molecule has 60 valence electrons. The maximum Gasteiger partial charge on any atom is 0.194 e. The van der Waals surface area contributed by atoms with Crippen LogP contribution < -0.4 is 5.30 Å². The molecule has 0 unspecified atom stereocenters. The van der Waals surface area contributed by atoms with Crippen molar-refractivity contribution >= 4 is 47.5 Å². The number of para-hydroxylation sites is 1. The first kappa shape index (κ1) is 8.05. The van der Waals surface area contributed by atoms with E-state index in [2.05, 4.69) is 4.98 Å². The van der Waals surface area contributed by atoms with Crippen molar-refractivity contribution in [3.63, 3.8) is 0 Å². The topological polar surface area (TPSA) is 32.9 Å². The Kier molecular flexibility index (Phi) is 2.05. The molecule has 0 spiro atoms. The molecule has 0 bridgehead atoms. The number of hydrogen-bond acceptors (Lipinski definition) is 3. The van der Waals surface area contributed by atoms with Crippen LogP contribution in [-0.4, -0.2) is 4.98 Å². The Bertz CT molecular complexity index is 487. The molecule has 0 saturated carbocycles. The predicted octanol–water partition coefficient (Wildman–Crippen LogP) is 2.88. The molecule has 1 aromatic heterocycles. The Morgan fingerprint density at radius 1 is 1.50 bits per heavy atom. The van der Waals surface area contributed by atoms with Gasteiger partial charge >= 0.3 is 0 Å². The highest BCUT2D eigenvalue weighted by atomic mass is 32.1. The molecule has 0 radical (unpaired) electrons. The molecule has 0 aliphatic heterocycles. The highest BCUT2D eigenvalue weighted by Gasteiger charge is 2.01. The first-order chi connectivity index (χ1) is 5.81. The van der Waals surface area contributed by atoms with Gasteiger partial charge in [-0.25, -0.2) is 0 Å². The van der Waals surface area contributed by atoms with Gasteiger partial charge in [-0.05, 0) is 24.4 Å². The van der Waals surface area contributed by atoms with Crippen molar-refractivity contribution in [3.8, 4) is 0 Å². The van der Waals surface area contributed by atoms with Crippen LogP contribution in [0.4, 0.5) is 0 Å². The Hall–Kier alpha value is -0.570. The summed E-state index contributed by atoms with van der Waals surface area (Å²) < 4.78 is 12.5. The van der Waals surface area contributed by atoms with Gasteiger partial charge in [-0.3, -0.25) is 4.57 Å². The van der Waals surface area contributed by atoms with Gasteiger partial charge < -0.3 is 4.98 Å². The van der Waals surface area contributed by atoms with Crippen molar-refractivity contribution in [1.82, 2.24) is 4.98 Å². The van der Waals surface area contributed by atoms with E-state index in [0.717, 1.165) is 19.5 Å². The number of thiazole rings is 1. The lowest BCUT2D eigenvalue weighted by molar-refractivity contribution is 0.603. The molecular weight excluding hydrogens is 209 g/mol. The van der Waals surface area contributed by atoms with Crippen LogP contribution in [0.1, 0.15) is 0 Å².